The molecular weight excluding hydrogens is 257 g/mol. The van der Waals surface area contributed by atoms with E-state index < -0.39 is 11.8 Å². The molecule has 1 aliphatic carbocycles. The highest BCUT2D eigenvalue weighted by atomic mass is 19.1. The average Bonchev–Trinajstić information content (AvgIpc) is 2.40. The van der Waals surface area contributed by atoms with E-state index in [4.69, 9.17) is 0 Å². The van der Waals surface area contributed by atoms with Gasteiger partial charge in [0.1, 0.15) is 5.82 Å². The Morgan fingerprint density at radius 3 is 2.85 bits per heavy atom. The van der Waals surface area contributed by atoms with Gasteiger partial charge in [0.05, 0.1) is 11.1 Å². The summed E-state index contributed by atoms with van der Waals surface area (Å²) >= 11 is 0. The van der Waals surface area contributed by atoms with Crippen molar-refractivity contribution >= 4 is 16.9 Å². The van der Waals surface area contributed by atoms with Crippen LogP contribution in [0.4, 0.5) is 4.39 Å². The van der Waals surface area contributed by atoms with Crippen molar-refractivity contribution in [1.82, 2.24) is 4.98 Å². The molecule has 104 valence electrons. The summed E-state index contributed by atoms with van der Waals surface area (Å²) in [6, 6.07) is 4.12. The van der Waals surface area contributed by atoms with Gasteiger partial charge >= 0.3 is 5.97 Å². The standard InChI is InChI=1S/C16H16FNO2/c1-8-3-5-12-14(16(19)20)11-6-4-10(17)7-13(11)18-15(12)9(8)2/h4,6-9H,3,5H2,1-2H3,(H,19,20). The number of aromatic nitrogens is 1. The highest BCUT2D eigenvalue weighted by Gasteiger charge is 2.29. The van der Waals surface area contributed by atoms with Gasteiger partial charge in [0.15, 0.2) is 0 Å². The van der Waals surface area contributed by atoms with Crippen LogP contribution < -0.4 is 0 Å². The van der Waals surface area contributed by atoms with Crippen molar-refractivity contribution in [2.75, 3.05) is 0 Å². The van der Waals surface area contributed by atoms with Crippen molar-refractivity contribution in [2.24, 2.45) is 5.92 Å². The van der Waals surface area contributed by atoms with Crippen molar-refractivity contribution in [3.05, 3.63) is 40.8 Å². The lowest BCUT2D eigenvalue weighted by atomic mass is 9.78. The molecule has 20 heavy (non-hydrogen) atoms. The Hall–Kier alpha value is -1.97. The first kappa shape index (κ1) is 13.0. The fourth-order valence-electron chi connectivity index (χ4n) is 3.06. The van der Waals surface area contributed by atoms with Gasteiger partial charge in [-0.15, -0.1) is 0 Å². The molecular formula is C16H16FNO2. The van der Waals surface area contributed by atoms with Crippen LogP contribution in [0.1, 0.15) is 47.8 Å². The molecule has 1 aromatic carbocycles. The first-order chi connectivity index (χ1) is 9.49. The zero-order valence-corrected chi connectivity index (χ0v) is 11.5. The first-order valence-electron chi connectivity index (χ1n) is 6.84. The topological polar surface area (TPSA) is 50.2 Å². The summed E-state index contributed by atoms with van der Waals surface area (Å²) in [5.41, 5.74) is 2.37. The fourth-order valence-corrected chi connectivity index (χ4v) is 3.06. The Kier molecular flexibility index (Phi) is 2.96. The molecule has 4 heteroatoms. The predicted molar refractivity (Wildman–Crippen MR) is 74.6 cm³/mol. The van der Waals surface area contributed by atoms with E-state index in [0.717, 1.165) is 24.1 Å². The summed E-state index contributed by atoms with van der Waals surface area (Å²) in [4.78, 5) is 16.2. The molecule has 0 fully saturated rings. The molecule has 0 saturated carbocycles. The Morgan fingerprint density at radius 1 is 1.40 bits per heavy atom. The van der Waals surface area contributed by atoms with Crippen molar-refractivity contribution in [2.45, 2.75) is 32.6 Å². The minimum Gasteiger partial charge on any atom is -0.478 e. The highest BCUT2D eigenvalue weighted by Crippen LogP contribution is 2.38. The number of hydrogen-bond acceptors (Lipinski definition) is 2. The Labute approximate surface area is 116 Å². The number of hydrogen-bond donors (Lipinski definition) is 1. The molecule has 1 aromatic heterocycles. The van der Waals surface area contributed by atoms with Crippen LogP contribution >= 0.6 is 0 Å². The third-order valence-electron chi connectivity index (χ3n) is 4.43. The second kappa shape index (κ2) is 4.54. The number of fused-ring (bicyclic) bond motifs is 2. The number of nitrogens with zero attached hydrogens (tertiary/aromatic N) is 1. The number of benzene rings is 1. The summed E-state index contributed by atoms with van der Waals surface area (Å²) in [7, 11) is 0. The van der Waals surface area contributed by atoms with Crippen LogP contribution in [0.25, 0.3) is 10.9 Å². The van der Waals surface area contributed by atoms with Crippen LogP contribution in [0.15, 0.2) is 18.2 Å². The number of carbonyl (C=O) groups is 1. The van der Waals surface area contributed by atoms with Gasteiger partial charge in [-0.25, -0.2) is 9.18 Å². The molecule has 0 spiro atoms. The lowest BCUT2D eigenvalue weighted by molar-refractivity contribution is 0.0697. The van der Waals surface area contributed by atoms with E-state index >= 15 is 0 Å². The van der Waals surface area contributed by atoms with Crippen LogP contribution in [-0.4, -0.2) is 16.1 Å². The second-order valence-electron chi connectivity index (χ2n) is 5.62. The zero-order chi connectivity index (χ0) is 14.4. The fraction of sp³-hybridized carbons (Fsp3) is 0.375. The Bertz CT molecular complexity index is 711. The third kappa shape index (κ3) is 1.87. The number of pyridine rings is 1. The van der Waals surface area contributed by atoms with Crippen molar-refractivity contribution in [3.8, 4) is 0 Å². The highest BCUT2D eigenvalue weighted by molar-refractivity contribution is 6.04. The van der Waals surface area contributed by atoms with E-state index in [1.54, 1.807) is 0 Å². The summed E-state index contributed by atoms with van der Waals surface area (Å²) < 4.78 is 13.4. The van der Waals surface area contributed by atoms with Crippen LogP contribution in [0, 0.1) is 11.7 Å². The molecule has 0 saturated heterocycles. The molecule has 0 aliphatic heterocycles. The number of aromatic carboxylic acids is 1. The van der Waals surface area contributed by atoms with E-state index in [-0.39, 0.29) is 5.92 Å². The van der Waals surface area contributed by atoms with Gasteiger partial charge in [0, 0.05) is 23.1 Å². The molecule has 0 amide bonds. The predicted octanol–water partition coefficient (Wildman–Crippen LogP) is 3.76. The van der Waals surface area contributed by atoms with Crippen LogP contribution in [0.3, 0.4) is 0 Å². The largest absolute Gasteiger partial charge is 0.478 e. The zero-order valence-electron chi connectivity index (χ0n) is 11.5. The SMILES string of the molecule is CC1CCc2c(nc3cc(F)ccc3c2C(=O)O)C1C. The molecule has 3 rings (SSSR count). The van der Waals surface area contributed by atoms with Crippen molar-refractivity contribution in [1.29, 1.82) is 0 Å². The van der Waals surface area contributed by atoms with Gasteiger partial charge in [0.2, 0.25) is 0 Å². The van der Waals surface area contributed by atoms with E-state index in [2.05, 4.69) is 18.8 Å². The van der Waals surface area contributed by atoms with E-state index in [9.17, 15) is 14.3 Å². The first-order valence-corrected chi connectivity index (χ1v) is 6.84. The maximum absolute atomic E-state index is 13.4. The molecule has 1 N–H and O–H groups in total. The molecule has 2 atom stereocenters. The summed E-state index contributed by atoms with van der Waals surface area (Å²) in [6.45, 7) is 4.21. The monoisotopic (exact) mass is 273 g/mol. The number of carboxylic acids is 1. The normalized spacial score (nSPS) is 21.8. The maximum Gasteiger partial charge on any atom is 0.336 e. The average molecular weight is 273 g/mol. The van der Waals surface area contributed by atoms with Crippen LogP contribution in [-0.2, 0) is 6.42 Å². The Morgan fingerprint density at radius 2 is 2.15 bits per heavy atom. The number of carboxylic acid groups (broad SMARTS) is 1. The Balaban J connectivity index is 2.39. The van der Waals surface area contributed by atoms with Gasteiger partial charge in [-0.1, -0.05) is 13.8 Å². The molecule has 1 heterocycles. The van der Waals surface area contributed by atoms with Crippen molar-refractivity contribution in [3.63, 3.8) is 0 Å². The molecule has 0 radical (unpaired) electrons. The molecule has 2 aromatic rings. The van der Waals surface area contributed by atoms with Gasteiger partial charge < -0.3 is 5.11 Å². The van der Waals surface area contributed by atoms with Gasteiger partial charge in [-0.2, -0.15) is 0 Å². The molecule has 2 unspecified atom stereocenters. The summed E-state index contributed by atoms with van der Waals surface area (Å²) in [6.07, 6.45) is 1.69. The molecule has 0 bridgehead atoms. The maximum atomic E-state index is 13.4. The number of rotatable bonds is 1. The number of halogens is 1. The second-order valence-corrected chi connectivity index (χ2v) is 5.62. The van der Waals surface area contributed by atoms with Gasteiger partial charge in [0.25, 0.3) is 0 Å². The molecule has 3 nitrogen and oxygen atoms in total. The summed E-state index contributed by atoms with van der Waals surface area (Å²) in [5.74, 6) is -0.688. The van der Waals surface area contributed by atoms with Crippen LogP contribution in [0.2, 0.25) is 0 Å². The van der Waals surface area contributed by atoms with E-state index in [1.165, 1.54) is 18.2 Å². The van der Waals surface area contributed by atoms with Crippen LogP contribution in [0.5, 0.6) is 0 Å². The van der Waals surface area contributed by atoms with Gasteiger partial charge in [-0.3, -0.25) is 4.98 Å². The van der Waals surface area contributed by atoms with E-state index in [0.29, 0.717) is 22.4 Å². The minimum absolute atomic E-state index is 0.199. The third-order valence-corrected chi connectivity index (χ3v) is 4.43. The smallest absolute Gasteiger partial charge is 0.336 e. The van der Waals surface area contributed by atoms with E-state index in [1.807, 2.05) is 0 Å². The quantitative estimate of drug-likeness (QED) is 0.860. The summed E-state index contributed by atoms with van der Waals surface area (Å²) in [5, 5.41) is 10.1. The van der Waals surface area contributed by atoms with Crippen molar-refractivity contribution < 1.29 is 14.3 Å². The lowest BCUT2D eigenvalue weighted by Gasteiger charge is -2.29. The minimum atomic E-state index is -0.956. The lowest BCUT2D eigenvalue weighted by Crippen LogP contribution is -2.21. The molecule has 1 aliphatic rings. The van der Waals surface area contributed by atoms with Gasteiger partial charge in [-0.05, 0) is 36.5 Å².